The molecule has 0 saturated carbocycles. The maximum Gasteiger partial charge on any atom is 0.0928 e. The second kappa shape index (κ2) is 4.89. The van der Waals surface area contributed by atoms with Crippen molar-refractivity contribution >= 4 is 51.4 Å². The first-order valence-corrected chi connectivity index (χ1v) is 6.36. The van der Waals surface area contributed by atoms with E-state index in [0.29, 0.717) is 20.6 Å². The Hall–Kier alpha value is -0.700. The third-order valence-electron chi connectivity index (χ3n) is 2.61. The number of hydrogen-bond acceptors (Lipinski definition) is 2. The van der Waals surface area contributed by atoms with Crippen molar-refractivity contribution in [2.75, 3.05) is 12.4 Å². The van der Waals surface area contributed by atoms with E-state index in [9.17, 15) is 0 Å². The fourth-order valence-corrected chi connectivity index (χ4v) is 2.48. The lowest BCUT2D eigenvalue weighted by Crippen LogP contribution is -1.97. The zero-order chi connectivity index (χ0) is 12.6. The molecule has 0 radical (unpaired) electrons. The molecule has 1 heterocycles. The van der Waals surface area contributed by atoms with Gasteiger partial charge >= 0.3 is 0 Å². The Morgan fingerprint density at radius 3 is 2.47 bits per heavy atom. The van der Waals surface area contributed by atoms with E-state index in [-0.39, 0.29) is 0 Å². The topological polar surface area (TPSA) is 24.9 Å². The van der Waals surface area contributed by atoms with E-state index >= 15 is 0 Å². The normalized spacial score (nSPS) is 10.9. The van der Waals surface area contributed by atoms with Gasteiger partial charge in [0, 0.05) is 23.8 Å². The molecule has 5 heteroatoms. The Bertz CT molecular complexity index is 582. The van der Waals surface area contributed by atoms with Gasteiger partial charge < -0.3 is 5.32 Å². The van der Waals surface area contributed by atoms with Gasteiger partial charge in [0.15, 0.2) is 0 Å². The Morgan fingerprint density at radius 1 is 1.18 bits per heavy atom. The molecule has 2 nitrogen and oxygen atoms in total. The summed E-state index contributed by atoms with van der Waals surface area (Å²) >= 11 is 18.4. The van der Waals surface area contributed by atoms with E-state index in [1.165, 1.54) is 0 Å². The minimum absolute atomic E-state index is 0.437. The van der Waals surface area contributed by atoms with Gasteiger partial charge in [-0.25, -0.2) is 0 Å². The highest BCUT2D eigenvalue weighted by Crippen LogP contribution is 2.39. The van der Waals surface area contributed by atoms with E-state index < -0.39 is 0 Å². The van der Waals surface area contributed by atoms with Crippen molar-refractivity contribution in [3.63, 3.8) is 0 Å². The van der Waals surface area contributed by atoms with E-state index in [1.807, 2.05) is 20.0 Å². The maximum atomic E-state index is 6.21. The van der Waals surface area contributed by atoms with Crippen molar-refractivity contribution in [2.45, 2.75) is 13.3 Å². The second-order valence-corrected chi connectivity index (χ2v) is 4.83. The van der Waals surface area contributed by atoms with Crippen LogP contribution >= 0.6 is 34.8 Å². The molecule has 17 heavy (non-hydrogen) atoms. The third-order valence-corrected chi connectivity index (χ3v) is 3.69. The van der Waals surface area contributed by atoms with E-state index in [2.05, 4.69) is 10.3 Å². The summed E-state index contributed by atoms with van der Waals surface area (Å²) in [6.07, 6.45) is 0.835. The van der Waals surface area contributed by atoms with Gasteiger partial charge in [-0.2, -0.15) is 0 Å². The van der Waals surface area contributed by atoms with Crippen LogP contribution in [0.1, 0.15) is 12.6 Å². The van der Waals surface area contributed by atoms with E-state index in [0.717, 1.165) is 23.2 Å². The molecule has 1 aromatic heterocycles. The van der Waals surface area contributed by atoms with Crippen LogP contribution in [0.3, 0.4) is 0 Å². The van der Waals surface area contributed by atoms with Gasteiger partial charge in [0.2, 0.25) is 0 Å². The Morgan fingerprint density at radius 2 is 1.88 bits per heavy atom. The smallest absolute Gasteiger partial charge is 0.0928 e. The van der Waals surface area contributed by atoms with E-state index in [4.69, 9.17) is 34.8 Å². The summed E-state index contributed by atoms with van der Waals surface area (Å²) in [6, 6.07) is 3.58. The lowest BCUT2D eigenvalue weighted by Gasteiger charge is -2.12. The van der Waals surface area contributed by atoms with Gasteiger partial charge in [0.1, 0.15) is 0 Å². The van der Waals surface area contributed by atoms with Crippen molar-refractivity contribution in [3.05, 3.63) is 32.9 Å². The SMILES string of the molecule is CCc1cc(NC)c2c(Cl)c(Cl)cc(Cl)c2n1. The molecule has 0 aliphatic carbocycles. The lowest BCUT2D eigenvalue weighted by atomic mass is 10.1. The number of anilines is 1. The van der Waals surface area contributed by atoms with Crippen molar-refractivity contribution in [3.8, 4) is 0 Å². The largest absolute Gasteiger partial charge is 0.387 e. The minimum atomic E-state index is 0.437. The highest BCUT2D eigenvalue weighted by Gasteiger charge is 2.14. The molecule has 1 aromatic carbocycles. The Labute approximate surface area is 115 Å². The first kappa shape index (κ1) is 12.7. The van der Waals surface area contributed by atoms with Crippen LogP contribution in [0.15, 0.2) is 12.1 Å². The summed E-state index contributed by atoms with van der Waals surface area (Å²) in [7, 11) is 1.83. The standard InChI is InChI=1S/C12H11Cl3N2/c1-3-6-4-9(16-2)10-11(15)7(13)5-8(14)12(10)17-6/h4-5H,3H2,1-2H3,(H,16,17). The van der Waals surface area contributed by atoms with Crippen LogP contribution < -0.4 is 5.32 Å². The van der Waals surface area contributed by atoms with Gasteiger partial charge in [0.25, 0.3) is 0 Å². The highest BCUT2D eigenvalue weighted by atomic mass is 35.5. The molecule has 0 aliphatic rings. The average molecular weight is 290 g/mol. The molecular weight excluding hydrogens is 279 g/mol. The third kappa shape index (κ3) is 2.17. The summed E-state index contributed by atoms with van der Waals surface area (Å²) in [6.45, 7) is 2.04. The summed E-state index contributed by atoms with van der Waals surface area (Å²) in [5.41, 5.74) is 2.54. The summed E-state index contributed by atoms with van der Waals surface area (Å²) in [5, 5.41) is 5.29. The van der Waals surface area contributed by atoms with Crippen molar-refractivity contribution in [1.82, 2.24) is 4.98 Å². The molecule has 0 amide bonds. The van der Waals surface area contributed by atoms with Gasteiger partial charge in [-0.3, -0.25) is 4.98 Å². The van der Waals surface area contributed by atoms with Crippen LogP contribution in [0.5, 0.6) is 0 Å². The predicted molar refractivity (Wildman–Crippen MR) is 75.7 cm³/mol. The number of hydrogen-bond donors (Lipinski definition) is 1. The zero-order valence-electron chi connectivity index (χ0n) is 9.44. The molecule has 0 bridgehead atoms. The van der Waals surface area contributed by atoms with Crippen molar-refractivity contribution in [1.29, 1.82) is 0 Å². The van der Waals surface area contributed by atoms with Gasteiger partial charge in [-0.1, -0.05) is 41.7 Å². The number of benzene rings is 1. The minimum Gasteiger partial charge on any atom is -0.387 e. The summed E-state index contributed by atoms with van der Waals surface area (Å²) in [5.74, 6) is 0. The number of nitrogens with one attached hydrogen (secondary N) is 1. The van der Waals surface area contributed by atoms with Crippen LogP contribution in [0.4, 0.5) is 5.69 Å². The number of aryl methyl sites for hydroxylation is 1. The number of nitrogens with zero attached hydrogens (tertiary/aromatic N) is 1. The monoisotopic (exact) mass is 288 g/mol. The number of halogens is 3. The fraction of sp³-hybridized carbons (Fsp3) is 0.250. The summed E-state index contributed by atoms with van der Waals surface area (Å²) in [4.78, 5) is 4.49. The quantitative estimate of drug-likeness (QED) is 0.803. The maximum absolute atomic E-state index is 6.21. The molecule has 0 saturated heterocycles. The first-order chi connectivity index (χ1) is 8.08. The molecule has 2 aromatic rings. The molecule has 2 rings (SSSR count). The molecule has 0 fully saturated rings. The van der Waals surface area contributed by atoms with Crippen LogP contribution in [0.2, 0.25) is 15.1 Å². The molecular formula is C12H11Cl3N2. The van der Waals surface area contributed by atoms with Gasteiger partial charge in [0.05, 0.1) is 20.6 Å². The van der Waals surface area contributed by atoms with Crippen LogP contribution in [-0.4, -0.2) is 12.0 Å². The first-order valence-electron chi connectivity index (χ1n) is 5.23. The van der Waals surface area contributed by atoms with Crippen molar-refractivity contribution < 1.29 is 0 Å². The van der Waals surface area contributed by atoms with Gasteiger partial charge in [-0.15, -0.1) is 0 Å². The summed E-state index contributed by atoms with van der Waals surface area (Å²) < 4.78 is 0. The average Bonchev–Trinajstić information content (AvgIpc) is 2.34. The Kier molecular flexibility index (Phi) is 3.67. The van der Waals surface area contributed by atoms with Crippen LogP contribution in [-0.2, 0) is 6.42 Å². The molecule has 0 unspecified atom stereocenters. The zero-order valence-corrected chi connectivity index (χ0v) is 11.7. The number of pyridine rings is 1. The molecule has 0 aliphatic heterocycles. The van der Waals surface area contributed by atoms with Crippen LogP contribution in [0, 0.1) is 0 Å². The Balaban J connectivity index is 2.93. The molecule has 1 N–H and O–H groups in total. The predicted octanol–water partition coefficient (Wildman–Crippen LogP) is 4.80. The molecule has 0 spiro atoms. The van der Waals surface area contributed by atoms with Gasteiger partial charge in [-0.05, 0) is 18.6 Å². The number of fused-ring (bicyclic) bond motifs is 1. The lowest BCUT2D eigenvalue weighted by molar-refractivity contribution is 1.06. The van der Waals surface area contributed by atoms with Crippen LogP contribution in [0.25, 0.3) is 10.9 Å². The molecule has 90 valence electrons. The fourth-order valence-electron chi connectivity index (χ4n) is 1.73. The van der Waals surface area contributed by atoms with E-state index in [1.54, 1.807) is 6.07 Å². The van der Waals surface area contributed by atoms with Crippen molar-refractivity contribution in [2.24, 2.45) is 0 Å². The highest BCUT2D eigenvalue weighted by molar-refractivity contribution is 6.48. The second-order valence-electron chi connectivity index (χ2n) is 3.64. The number of aromatic nitrogens is 1. The molecule has 0 atom stereocenters. The number of rotatable bonds is 2.